The van der Waals surface area contributed by atoms with Crippen molar-refractivity contribution in [2.24, 2.45) is 0 Å². The van der Waals surface area contributed by atoms with E-state index in [9.17, 15) is 20.1 Å². The van der Waals surface area contributed by atoms with Crippen LogP contribution in [0.3, 0.4) is 0 Å². The van der Waals surface area contributed by atoms with E-state index >= 15 is 0 Å². The van der Waals surface area contributed by atoms with Crippen molar-refractivity contribution >= 4 is 5.91 Å². The average Bonchev–Trinajstić information content (AvgIpc) is 3.19. The van der Waals surface area contributed by atoms with Gasteiger partial charge in [0.05, 0.1) is 18.8 Å². The van der Waals surface area contributed by atoms with Gasteiger partial charge in [-0.25, -0.2) is 0 Å². The topological polar surface area (TPSA) is 89.8 Å². The predicted octanol–water partition coefficient (Wildman–Crippen LogP) is 14.6. The molecule has 326 valence electrons. The number of carbonyl (C=O) groups is 1. The zero-order valence-corrected chi connectivity index (χ0v) is 37.1. The molecule has 0 fully saturated rings. The van der Waals surface area contributed by atoms with Crippen molar-refractivity contribution in [3.8, 4) is 0 Å². The number of allylic oxidation sites excluding steroid dienone is 4. The summed E-state index contributed by atoms with van der Waals surface area (Å²) in [6.45, 7) is 3.94. The minimum absolute atomic E-state index is 0.157. The van der Waals surface area contributed by atoms with E-state index in [-0.39, 0.29) is 12.5 Å². The Morgan fingerprint density at radius 2 is 0.800 bits per heavy atom. The van der Waals surface area contributed by atoms with E-state index in [0.29, 0.717) is 12.8 Å². The highest BCUT2D eigenvalue weighted by atomic mass is 16.3. The van der Waals surface area contributed by atoms with E-state index in [2.05, 4.69) is 36.5 Å². The summed E-state index contributed by atoms with van der Waals surface area (Å²) in [6, 6.07) is -0.827. The van der Waals surface area contributed by atoms with Crippen molar-refractivity contribution in [1.29, 1.82) is 0 Å². The fourth-order valence-electron chi connectivity index (χ4n) is 7.84. The lowest BCUT2D eigenvalue weighted by molar-refractivity contribution is -0.124. The molecule has 4 N–H and O–H groups in total. The SMILES string of the molecule is C/C=C/CC/C=C/CCCC(O)C(O)C(CO)NC(=O)CCCCCCCCCCCCCCCCCCCCCCCCCCCCCCCCCCC. The normalized spacial score (nSPS) is 13.6. The maximum absolute atomic E-state index is 12.4. The third kappa shape index (κ3) is 40.8. The van der Waals surface area contributed by atoms with Crippen molar-refractivity contribution in [3.05, 3.63) is 24.3 Å². The second-order valence-corrected chi connectivity index (χ2v) is 17.0. The van der Waals surface area contributed by atoms with Gasteiger partial charge in [-0.1, -0.05) is 237 Å². The lowest BCUT2D eigenvalue weighted by Crippen LogP contribution is -2.50. The van der Waals surface area contributed by atoms with Crippen LogP contribution in [-0.2, 0) is 4.79 Å². The number of aliphatic hydroxyl groups is 3. The predicted molar refractivity (Wildman–Crippen MR) is 241 cm³/mol. The molecule has 0 aromatic carbocycles. The molecule has 0 spiro atoms. The number of unbranched alkanes of at least 4 members (excludes halogenated alkanes) is 34. The van der Waals surface area contributed by atoms with Crippen molar-refractivity contribution in [2.75, 3.05) is 6.61 Å². The van der Waals surface area contributed by atoms with Crippen LogP contribution in [0.15, 0.2) is 24.3 Å². The van der Waals surface area contributed by atoms with Crippen molar-refractivity contribution in [3.63, 3.8) is 0 Å². The standard InChI is InChI=1S/C50H97NO4/c1-3-5-7-9-11-13-14-15-16-17-18-19-20-21-22-23-24-25-26-27-28-29-30-31-32-33-34-35-36-37-39-41-43-45-49(54)51-47(46-52)50(55)48(53)44-42-40-38-12-10-8-6-4-2/h4,6,12,38,47-48,50,52-53,55H,3,5,7-11,13-37,39-46H2,1-2H3,(H,51,54)/b6-4+,38-12+. The van der Waals surface area contributed by atoms with Crippen LogP contribution in [-0.4, -0.2) is 46.1 Å². The molecule has 0 heterocycles. The molecule has 0 aliphatic rings. The van der Waals surface area contributed by atoms with E-state index in [1.54, 1.807) is 0 Å². The Bertz CT molecular complexity index is 814. The molecule has 5 heteroatoms. The Kier molecular flexibility index (Phi) is 44.6. The Labute approximate surface area is 343 Å². The van der Waals surface area contributed by atoms with Crippen LogP contribution in [0.5, 0.6) is 0 Å². The summed E-state index contributed by atoms with van der Waals surface area (Å²) < 4.78 is 0. The lowest BCUT2D eigenvalue weighted by atomic mass is 10.0. The van der Waals surface area contributed by atoms with Crippen LogP contribution in [0.1, 0.15) is 264 Å². The molecule has 0 radical (unpaired) electrons. The number of hydrogen-bond donors (Lipinski definition) is 4. The van der Waals surface area contributed by atoms with Gasteiger partial charge in [0.2, 0.25) is 5.91 Å². The zero-order chi connectivity index (χ0) is 40.1. The van der Waals surface area contributed by atoms with Crippen molar-refractivity contribution < 1.29 is 20.1 Å². The zero-order valence-electron chi connectivity index (χ0n) is 37.1. The summed E-state index contributed by atoms with van der Waals surface area (Å²) in [5.41, 5.74) is 0. The molecule has 3 atom stereocenters. The summed E-state index contributed by atoms with van der Waals surface area (Å²) in [5, 5.41) is 33.3. The fraction of sp³-hybridized carbons (Fsp3) is 0.900. The van der Waals surface area contributed by atoms with Crippen LogP contribution in [0.4, 0.5) is 0 Å². The minimum atomic E-state index is -1.16. The Morgan fingerprint density at radius 3 is 1.15 bits per heavy atom. The molecule has 0 aromatic heterocycles. The van der Waals surface area contributed by atoms with Crippen LogP contribution < -0.4 is 5.32 Å². The molecular formula is C50H97NO4. The highest BCUT2D eigenvalue weighted by molar-refractivity contribution is 5.76. The smallest absolute Gasteiger partial charge is 0.220 e. The molecule has 5 nitrogen and oxygen atoms in total. The van der Waals surface area contributed by atoms with Gasteiger partial charge in [0.25, 0.3) is 0 Å². The van der Waals surface area contributed by atoms with Gasteiger partial charge in [0.15, 0.2) is 0 Å². The molecule has 0 aliphatic carbocycles. The van der Waals surface area contributed by atoms with E-state index in [0.717, 1.165) is 44.9 Å². The van der Waals surface area contributed by atoms with Gasteiger partial charge < -0.3 is 20.6 Å². The van der Waals surface area contributed by atoms with Crippen molar-refractivity contribution in [2.45, 2.75) is 283 Å². The van der Waals surface area contributed by atoms with Crippen LogP contribution in [0.2, 0.25) is 0 Å². The van der Waals surface area contributed by atoms with E-state index < -0.39 is 18.2 Å². The first-order chi connectivity index (χ1) is 27.1. The molecule has 1 amide bonds. The summed E-state index contributed by atoms with van der Waals surface area (Å²) in [4.78, 5) is 12.4. The van der Waals surface area contributed by atoms with Gasteiger partial charge in [-0.2, -0.15) is 0 Å². The van der Waals surface area contributed by atoms with Gasteiger partial charge in [0, 0.05) is 6.42 Å². The van der Waals surface area contributed by atoms with E-state index in [4.69, 9.17) is 0 Å². The molecule has 0 aliphatic heterocycles. The first-order valence-electron chi connectivity index (χ1n) is 24.6. The van der Waals surface area contributed by atoms with Crippen LogP contribution in [0, 0.1) is 0 Å². The lowest BCUT2D eigenvalue weighted by Gasteiger charge is -2.26. The Morgan fingerprint density at radius 1 is 0.473 bits per heavy atom. The van der Waals surface area contributed by atoms with E-state index in [1.807, 2.05) is 6.92 Å². The van der Waals surface area contributed by atoms with Gasteiger partial charge in [-0.3, -0.25) is 4.79 Å². The van der Waals surface area contributed by atoms with Gasteiger partial charge in [-0.05, 0) is 45.4 Å². The number of amides is 1. The third-order valence-electron chi connectivity index (χ3n) is 11.6. The van der Waals surface area contributed by atoms with Crippen LogP contribution in [0.25, 0.3) is 0 Å². The summed E-state index contributed by atoms with van der Waals surface area (Å²) in [7, 11) is 0. The highest BCUT2D eigenvalue weighted by Gasteiger charge is 2.26. The van der Waals surface area contributed by atoms with E-state index in [1.165, 1.54) is 193 Å². The molecule has 55 heavy (non-hydrogen) atoms. The molecule has 0 saturated heterocycles. The number of nitrogens with one attached hydrogen (secondary N) is 1. The fourth-order valence-corrected chi connectivity index (χ4v) is 7.84. The number of hydrogen-bond acceptors (Lipinski definition) is 4. The summed E-state index contributed by atoms with van der Waals surface area (Å²) >= 11 is 0. The molecule has 0 saturated carbocycles. The average molecular weight is 776 g/mol. The molecular weight excluding hydrogens is 679 g/mol. The first kappa shape index (κ1) is 53.8. The van der Waals surface area contributed by atoms with Gasteiger partial charge in [0.1, 0.15) is 6.10 Å². The maximum Gasteiger partial charge on any atom is 0.220 e. The number of rotatable bonds is 45. The first-order valence-corrected chi connectivity index (χ1v) is 24.6. The summed E-state index contributed by atoms with van der Waals surface area (Å²) in [5.74, 6) is -0.157. The second-order valence-electron chi connectivity index (χ2n) is 17.0. The van der Waals surface area contributed by atoms with Gasteiger partial charge in [-0.15, -0.1) is 0 Å². The molecule has 0 aromatic rings. The largest absolute Gasteiger partial charge is 0.394 e. The molecule has 3 unspecified atom stereocenters. The molecule has 0 rings (SSSR count). The second kappa shape index (κ2) is 45.5. The number of carbonyl (C=O) groups excluding carboxylic acids is 1. The quantitative estimate of drug-likeness (QED) is 0.0366. The Hall–Kier alpha value is -1.17. The van der Waals surface area contributed by atoms with Gasteiger partial charge >= 0.3 is 0 Å². The van der Waals surface area contributed by atoms with Crippen LogP contribution >= 0.6 is 0 Å². The minimum Gasteiger partial charge on any atom is -0.394 e. The monoisotopic (exact) mass is 776 g/mol. The highest BCUT2D eigenvalue weighted by Crippen LogP contribution is 2.17. The third-order valence-corrected chi connectivity index (χ3v) is 11.6. The number of aliphatic hydroxyl groups excluding tert-OH is 3. The summed E-state index contributed by atoms with van der Waals surface area (Å²) in [6.07, 6.45) is 56.6. The Balaban J connectivity index is 3.40. The molecule has 0 bridgehead atoms. The maximum atomic E-state index is 12.4. The van der Waals surface area contributed by atoms with Crippen molar-refractivity contribution in [1.82, 2.24) is 5.32 Å².